The number of nitrogens with one attached hydrogen (secondary N) is 1. The van der Waals surface area contributed by atoms with Gasteiger partial charge in [-0.25, -0.2) is 4.79 Å². The van der Waals surface area contributed by atoms with E-state index in [-0.39, 0.29) is 17.7 Å². The molecule has 1 aliphatic rings. The number of carbonyl (C=O) groups is 2. The molecule has 1 N–H and O–H groups in total. The maximum Gasteiger partial charge on any atom is 0.341 e. The van der Waals surface area contributed by atoms with Gasteiger partial charge in [0.05, 0.1) is 14.2 Å². The minimum atomic E-state index is -0.465. The fourth-order valence-corrected chi connectivity index (χ4v) is 3.28. The number of rotatable bonds is 6. The second kappa shape index (κ2) is 7.91. The molecule has 0 heterocycles. The summed E-state index contributed by atoms with van der Waals surface area (Å²) in [4.78, 5) is 24.2. The van der Waals surface area contributed by atoms with Crippen LogP contribution in [0.1, 0.15) is 33.8 Å². The maximum atomic E-state index is 12.4. The Bertz CT molecular complexity index is 819. The molecule has 2 atom stereocenters. The number of methoxy groups -OCH3 is 2. The van der Waals surface area contributed by atoms with Crippen molar-refractivity contribution in [3.8, 4) is 5.75 Å². The van der Waals surface area contributed by atoms with E-state index in [0.717, 1.165) is 16.5 Å². The molecule has 0 radical (unpaired) electrons. The highest BCUT2D eigenvalue weighted by atomic mass is 79.9. The van der Waals surface area contributed by atoms with Gasteiger partial charge in [0.2, 0.25) is 5.91 Å². The minimum absolute atomic E-state index is 0.00880. The third kappa shape index (κ3) is 4.07. The molecule has 5 nitrogen and oxygen atoms in total. The molecule has 0 spiro atoms. The molecule has 0 aromatic heterocycles. The van der Waals surface area contributed by atoms with Gasteiger partial charge in [0.25, 0.3) is 0 Å². The zero-order chi connectivity index (χ0) is 18.7. The first-order valence-electron chi connectivity index (χ1n) is 8.32. The zero-order valence-corrected chi connectivity index (χ0v) is 16.2. The van der Waals surface area contributed by atoms with Crippen LogP contribution >= 0.6 is 15.9 Å². The lowest BCUT2D eigenvalue weighted by Crippen LogP contribution is -2.25. The topological polar surface area (TPSA) is 64.6 Å². The highest BCUT2D eigenvalue weighted by Gasteiger charge is 2.43. The molecule has 3 rings (SSSR count). The van der Waals surface area contributed by atoms with Crippen LogP contribution in [0.25, 0.3) is 0 Å². The van der Waals surface area contributed by atoms with Crippen molar-refractivity contribution >= 4 is 27.8 Å². The molecule has 2 unspecified atom stereocenters. The van der Waals surface area contributed by atoms with Crippen molar-refractivity contribution < 1.29 is 19.1 Å². The van der Waals surface area contributed by atoms with Crippen LogP contribution in [0.15, 0.2) is 46.9 Å². The first kappa shape index (κ1) is 18.5. The van der Waals surface area contributed by atoms with Gasteiger partial charge in [-0.1, -0.05) is 34.1 Å². The lowest BCUT2D eigenvalue weighted by atomic mass is 10.1. The summed E-state index contributed by atoms with van der Waals surface area (Å²) in [7, 11) is 2.82. The van der Waals surface area contributed by atoms with Crippen LogP contribution in [0.4, 0.5) is 0 Å². The number of amides is 1. The van der Waals surface area contributed by atoms with Crippen molar-refractivity contribution in [2.45, 2.75) is 18.9 Å². The Labute approximate surface area is 160 Å². The zero-order valence-electron chi connectivity index (χ0n) is 14.6. The van der Waals surface area contributed by atoms with Crippen LogP contribution in [-0.4, -0.2) is 26.1 Å². The average molecular weight is 418 g/mol. The molecule has 0 bridgehead atoms. The van der Waals surface area contributed by atoms with Crippen molar-refractivity contribution in [3.05, 3.63) is 63.6 Å². The Morgan fingerprint density at radius 1 is 1.15 bits per heavy atom. The third-order valence-electron chi connectivity index (χ3n) is 4.56. The Morgan fingerprint density at radius 2 is 1.88 bits per heavy atom. The van der Waals surface area contributed by atoms with Crippen molar-refractivity contribution in [2.75, 3.05) is 14.2 Å². The van der Waals surface area contributed by atoms with Gasteiger partial charge in [0.15, 0.2) is 0 Å². The first-order valence-corrected chi connectivity index (χ1v) is 9.11. The predicted octanol–water partition coefficient (Wildman–Crippen LogP) is 3.66. The van der Waals surface area contributed by atoms with E-state index in [1.165, 1.54) is 19.8 Å². The van der Waals surface area contributed by atoms with Gasteiger partial charge in [-0.3, -0.25) is 4.79 Å². The van der Waals surface area contributed by atoms with Crippen molar-refractivity contribution in [2.24, 2.45) is 5.92 Å². The number of halogens is 1. The molecule has 136 valence electrons. The molecular formula is C20H20BrNO4. The van der Waals surface area contributed by atoms with E-state index in [1.807, 2.05) is 30.3 Å². The predicted molar refractivity (Wildman–Crippen MR) is 101 cm³/mol. The van der Waals surface area contributed by atoms with Crippen molar-refractivity contribution in [3.63, 3.8) is 0 Å². The molecule has 1 saturated carbocycles. The lowest BCUT2D eigenvalue weighted by Gasteiger charge is -2.10. The average Bonchev–Trinajstić information content (AvgIpc) is 3.46. The number of ether oxygens (including phenoxy) is 2. The van der Waals surface area contributed by atoms with Gasteiger partial charge >= 0.3 is 5.97 Å². The maximum absolute atomic E-state index is 12.4. The molecule has 0 aliphatic heterocycles. The fraction of sp³-hybridized carbons (Fsp3) is 0.300. The van der Waals surface area contributed by atoms with E-state index in [0.29, 0.717) is 17.9 Å². The summed E-state index contributed by atoms with van der Waals surface area (Å²) in [5.74, 6) is 0.310. The van der Waals surface area contributed by atoms with Crippen LogP contribution in [0.2, 0.25) is 0 Å². The summed E-state index contributed by atoms with van der Waals surface area (Å²) in [5.41, 5.74) is 2.35. The van der Waals surface area contributed by atoms with Crippen LogP contribution in [0.3, 0.4) is 0 Å². The largest absolute Gasteiger partial charge is 0.496 e. The SMILES string of the molecule is COC(=O)c1cc(CNC(=O)C2CC2c2ccc(Br)cc2)ccc1OC. The van der Waals surface area contributed by atoms with E-state index in [1.54, 1.807) is 12.1 Å². The molecule has 2 aromatic rings. The number of hydrogen-bond acceptors (Lipinski definition) is 4. The summed E-state index contributed by atoms with van der Waals surface area (Å²) < 4.78 is 11.0. The molecular weight excluding hydrogens is 398 g/mol. The van der Waals surface area contributed by atoms with Crippen LogP contribution < -0.4 is 10.1 Å². The molecule has 6 heteroatoms. The summed E-state index contributed by atoms with van der Waals surface area (Å²) in [6.07, 6.45) is 0.865. The molecule has 26 heavy (non-hydrogen) atoms. The number of hydrogen-bond donors (Lipinski definition) is 1. The summed E-state index contributed by atoms with van der Waals surface area (Å²) >= 11 is 3.42. The molecule has 1 aliphatic carbocycles. The molecule has 1 fully saturated rings. The van der Waals surface area contributed by atoms with Gasteiger partial charge in [-0.15, -0.1) is 0 Å². The van der Waals surface area contributed by atoms with E-state index in [2.05, 4.69) is 21.2 Å². The standard InChI is InChI=1S/C20H20BrNO4/c1-25-18-8-3-12(9-17(18)20(24)26-2)11-22-19(23)16-10-15(16)13-4-6-14(21)7-5-13/h3-9,15-16H,10-11H2,1-2H3,(H,22,23). The first-order chi connectivity index (χ1) is 12.5. The second-order valence-corrected chi connectivity index (χ2v) is 7.16. The van der Waals surface area contributed by atoms with Crippen LogP contribution in [0.5, 0.6) is 5.75 Å². The van der Waals surface area contributed by atoms with E-state index in [4.69, 9.17) is 9.47 Å². The Balaban J connectivity index is 1.60. The summed E-state index contributed by atoms with van der Waals surface area (Å²) in [6.45, 7) is 0.358. The van der Waals surface area contributed by atoms with Gasteiger partial charge in [-0.05, 0) is 47.7 Å². The van der Waals surface area contributed by atoms with E-state index in [9.17, 15) is 9.59 Å². The van der Waals surface area contributed by atoms with E-state index >= 15 is 0 Å². The van der Waals surface area contributed by atoms with Gasteiger partial charge in [0.1, 0.15) is 11.3 Å². The Morgan fingerprint density at radius 3 is 2.54 bits per heavy atom. The minimum Gasteiger partial charge on any atom is -0.496 e. The smallest absolute Gasteiger partial charge is 0.341 e. The van der Waals surface area contributed by atoms with Gasteiger partial charge in [-0.2, -0.15) is 0 Å². The molecule has 2 aromatic carbocycles. The molecule has 1 amide bonds. The Kier molecular flexibility index (Phi) is 5.61. The van der Waals surface area contributed by atoms with Gasteiger partial charge < -0.3 is 14.8 Å². The van der Waals surface area contributed by atoms with Crippen molar-refractivity contribution in [1.82, 2.24) is 5.32 Å². The fourth-order valence-electron chi connectivity index (χ4n) is 3.02. The highest BCUT2D eigenvalue weighted by molar-refractivity contribution is 9.10. The molecule has 0 saturated heterocycles. The van der Waals surface area contributed by atoms with E-state index < -0.39 is 5.97 Å². The van der Waals surface area contributed by atoms with Crippen molar-refractivity contribution in [1.29, 1.82) is 0 Å². The monoisotopic (exact) mass is 417 g/mol. The number of esters is 1. The highest BCUT2D eigenvalue weighted by Crippen LogP contribution is 2.47. The number of benzene rings is 2. The third-order valence-corrected chi connectivity index (χ3v) is 5.09. The van der Waals surface area contributed by atoms with Gasteiger partial charge in [0, 0.05) is 16.9 Å². The summed E-state index contributed by atoms with van der Waals surface area (Å²) in [5, 5.41) is 2.95. The van der Waals surface area contributed by atoms with Crippen LogP contribution in [-0.2, 0) is 16.1 Å². The quantitative estimate of drug-likeness (QED) is 0.728. The number of carbonyl (C=O) groups excluding carboxylic acids is 2. The lowest BCUT2D eigenvalue weighted by molar-refractivity contribution is -0.122. The van der Waals surface area contributed by atoms with Crippen LogP contribution in [0, 0.1) is 5.92 Å². The second-order valence-electron chi connectivity index (χ2n) is 6.24. The Hall–Kier alpha value is -2.34. The summed E-state index contributed by atoms with van der Waals surface area (Å²) in [6, 6.07) is 13.3. The normalized spacial score (nSPS) is 18.1.